The van der Waals surface area contributed by atoms with Crippen LogP contribution in [-0.2, 0) is 19.1 Å². The molecule has 0 radical (unpaired) electrons. The largest absolute Gasteiger partial charge is 0.508 e. The van der Waals surface area contributed by atoms with Gasteiger partial charge in [0.15, 0.2) is 0 Å². The molecular weight excluding hydrogens is 464 g/mol. The molecule has 202 valence electrons. The van der Waals surface area contributed by atoms with Crippen molar-refractivity contribution in [1.29, 1.82) is 0 Å². The molecule has 1 aromatic rings. The topological polar surface area (TPSA) is 151 Å². The summed E-state index contributed by atoms with van der Waals surface area (Å²) in [5, 5.41) is 15.9. The van der Waals surface area contributed by atoms with E-state index in [0.29, 0.717) is 13.0 Å². The summed E-state index contributed by atoms with van der Waals surface area (Å²) in [5.41, 5.74) is 4.78. The normalized spacial score (nSPS) is 13.7. The Labute approximate surface area is 213 Å². The number of nitrogens with zero attached hydrogens (tertiary/aromatic N) is 1. The number of alkyl carbamates (subject to hydrolysis) is 1. The molecule has 0 spiro atoms. The van der Waals surface area contributed by atoms with E-state index in [0.717, 1.165) is 19.3 Å². The van der Waals surface area contributed by atoms with E-state index in [1.165, 1.54) is 11.0 Å². The predicted octanol–water partition coefficient (Wildman–Crippen LogP) is 3.14. The number of primary amides is 1. The van der Waals surface area contributed by atoms with Crippen LogP contribution in [0.25, 0.3) is 0 Å². The molecule has 5 N–H and O–H groups in total. The Morgan fingerprint density at radius 3 is 2.28 bits per heavy atom. The van der Waals surface area contributed by atoms with Crippen LogP contribution < -0.4 is 16.4 Å². The van der Waals surface area contributed by atoms with Gasteiger partial charge in [-0.15, -0.1) is 0 Å². The number of nitrogens with one attached hydrogen (secondary N) is 2. The zero-order chi connectivity index (χ0) is 27.5. The molecule has 1 rings (SSSR count). The number of hydrogen-bond donors (Lipinski definition) is 4. The van der Waals surface area contributed by atoms with E-state index in [4.69, 9.17) is 10.5 Å². The summed E-state index contributed by atoms with van der Waals surface area (Å²) in [4.78, 5) is 52.9. The molecule has 0 saturated carbocycles. The second kappa shape index (κ2) is 14.3. The number of ether oxygens (including phenoxy) is 1. The summed E-state index contributed by atoms with van der Waals surface area (Å²) in [5.74, 6) is -2.13. The van der Waals surface area contributed by atoms with Gasteiger partial charge in [-0.3, -0.25) is 14.4 Å². The number of rotatable bonds is 13. The van der Waals surface area contributed by atoms with Gasteiger partial charge in [-0.1, -0.05) is 44.9 Å². The van der Waals surface area contributed by atoms with Crippen molar-refractivity contribution in [3.05, 3.63) is 29.8 Å². The van der Waals surface area contributed by atoms with Gasteiger partial charge in [0.25, 0.3) is 0 Å². The summed E-state index contributed by atoms with van der Waals surface area (Å²) in [6.07, 6.45) is 1.74. The summed E-state index contributed by atoms with van der Waals surface area (Å²) in [7, 11) is 0. The Balaban J connectivity index is 3.48. The Kier molecular flexibility index (Phi) is 12.2. The van der Waals surface area contributed by atoms with Gasteiger partial charge >= 0.3 is 6.09 Å². The van der Waals surface area contributed by atoms with Crippen LogP contribution in [0, 0.1) is 0 Å². The van der Waals surface area contributed by atoms with E-state index in [2.05, 4.69) is 10.6 Å². The summed E-state index contributed by atoms with van der Waals surface area (Å²) in [6, 6.07) is 3.22. The highest BCUT2D eigenvalue weighted by molar-refractivity contribution is 5.95. The minimum atomic E-state index is -1.37. The lowest BCUT2D eigenvalue weighted by molar-refractivity contribution is -0.146. The van der Waals surface area contributed by atoms with Crippen LogP contribution in [0.3, 0.4) is 0 Å². The standard InChI is InChI=1S/C26H42N4O6/c1-7-9-12-15-28-23(33)22(18-13-10-11-14-20(18)31)30(17(3)8-2)24(34)19(16-21(27)32)29-25(35)36-26(4,5)6/h10-11,13-14,17,19,22,31H,7-9,12,15-16H2,1-6H3,(H2,27,32)(H,28,33)(H,29,35). The molecule has 36 heavy (non-hydrogen) atoms. The van der Waals surface area contributed by atoms with Crippen molar-refractivity contribution in [2.75, 3.05) is 6.54 Å². The molecule has 0 aliphatic rings. The van der Waals surface area contributed by atoms with Crippen LogP contribution in [-0.4, -0.2) is 58.1 Å². The van der Waals surface area contributed by atoms with Crippen LogP contribution >= 0.6 is 0 Å². The van der Waals surface area contributed by atoms with Crippen molar-refractivity contribution in [2.24, 2.45) is 5.73 Å². The van der Waals surface area contributed by atoms with Crippen LogP contribution in [0.2, 0.25) is 0 Å². The van der Waals surface area contributed by atoms with E-state index < -0.39 is 54.0 Å². The minimum absolute atomic E-state index is 0.154. The van der Waals surface area contributed by atoms with Gasteiger partial charge in [-0.05, 0) is 46.6 Å². The first-order chi connectivity index (χ1) is 16.8. The Morgan fingerprint density at radius 2 is 1.75 bits per heavy atom. The first kappa shape index (κ1) is 30.7. The average molecular weight is 507 g/mol. The minimum Gasteiger partial charge on any atom is -0.508 e. The molecule has 10 nitrogen and oxygen atoms in total. The number of phenolic OH excluding ortho intramolecular Hbond substituents is 1. The Hall–Kier alpha value is -3.30. The van der Waals surface area contributed by atoms with Crippen molar-refractivity contribution in [2.45, 2.75) is 97.4 Å². The molecule has 0 bridgehead atoms. The number of carbonyl (C=O) groups excluding carboxylic acids is 4. The summed E-state index contributed by atoms with van der Waals surface area (Å²) < 4.78 is 5.26. The van der Waals surface area contributed by atoms with Crippen LogP contribution in [0.4, 0.5) is 4.79 Å². The van der Waals surface area contributed by atoms with Crippen molar-refractivity contribution in [3.8, 4) is 5.75 Å². The first-order valence-electron chi connectivity index (χ1n) is 12.5. The van der Waals surface area contributed by atoms with Crippen LogP contribution in [0.1, 0.15) is 85.3 Å². The van der Waals surface area contributed by atoms with Gasteiger partial charge in [0.05, 0.1) is 6.42 Å². The number of phenols is 1. The van der Waals surface area contributed by atoms with Gasteiger partial charge in [-0.2, -0.15) is 0 Å². The molecule has 0 saturated heterocycles. The van der Waals surface area contributed by atoms with Crippen LogP contribution in [0.5, 0.6) is 5.75 Å². The maximum atomic E-state index is 13.9. The zero-order valence-electron chi connectivity index (χ0n) is 22.3. The zero-order valence-corrected chi connectivity index (χ0v) is 22.3. The van der Waals surface area contributed by atoms with Crippen molar-refractivity contribution < 1.29 is 29.0 Å². The molecule has 10 heteroatoms. The van der Waals surface area contributed by atoms with Crippen molar-refractivity contribution >= 4 is 23.8 Å². The quantitative estimate of drug-likeness (QED) is 0.302. The highest BCUT2D eigenvalue weighted by atomic mass is 16.6. The number of aromatic hydroxyl groups is 1. The molecule has 0 heterocycles. The second-order valence-electron chi connectivity index (χ2n) is 9.83. The monoisotopic (exact) mass is 506 g/mol. The van der Waals surface area contributed by atoms with E-state index in [9.17, 15) is 24.3 Å². The van der Waals surface area contributed by atoms with Gasteiger partial charge < -0.3 is 31.1 Å². The number of carbonyl (C=O) groups is 4. The number of hydrogen-bond acceptors (Lipinski definition) is 6. The SMILES string of the molecule is CCCCCNC(=O)C(c1ccccc1O)N(C(=O)C(CC(N)=O)NC(=O)OC(C)(C)C)C(C)CC. The Bertz CT molecular complexity index is 899. The van der Waals surface area contributed by atoms with E-state index in [1.807, 2.05) is 13.8 Å². The molecule has 0 aliphatic carbocycles. The summed E-state index contributed by atoms with van der Waals surface area (Å²) >= 11 is 0. The number of amides is 4. The lowest BCUT2D eigenvalue weighted by Crippen LogP contribution is -2.56. The summed E-state index contributed by atoms with van der Waals surface area (Å²) in [6.45, 7) is 11.0. The van der Waals surface area contributed by atoms with Crippen molar-refractivity contribution in [3.63, 3.8) is 0 Å². The fourth-order valence-corrected chi connectivity index (χ4v) is 3.65. The third-order valence-corrected chi connectivity index (χ3v) is 5.55. The third-order valence-electron chi connectivity index (χ3n) is 5.55. The molecule has 3 unspecified atom stereocenters. The number of unbranched alkanes of at least 4 members (excludes halogenated alkanes) is 2. The van der Waals surface area contributed by atoms with E-state index >= 15 is 0 Å². The van der Waals surface area contributed by atoms with Gasteiger partial charge in [0.1, 0.15) is 23.4 Å². The van der Waals surface area contributed by atoms with Crippen LogP contribution in [0.15, 0.2) is 24.3 Å². The molecular formula is C26H42N4O6. The second-order valence-corrected chi connectivity index (χ2v) is 9.83. The smallest absolute Gasteiger partial charge is 0.408 e. The van der Waals surface area contributed by atoms with Crippen molar-refractivity contribution in [1.82, 2.24) is 15.5 Å². The van der Waals surface area contributed by atoms with Gasteiger partial charge in [0.2, 0.25) is 17.7 Å². The number of nitrogens with two attached hydrogens (primary N) is 1. The molecule has 1 aromatic carbocycles. The molecule has 3 atom stereocenters. The third kappa shape index (κ3) is 9.75. The van der Waals surface area contributed by atoms with Gasteiger partial charge in [0, 0.05) is 18.2 Å². The lowest BCUT2D eigenvalue weighted by Gasteiger charge is -2.38. The predicted molar refractivity (Wildman–Crippen MR) is 137 cm³/mol. The molecule has 0 aliphatic heterocycles. The highest BCUT2D eigenvalue weighted by Crippen LogP contribution is 2.32. The van der Waals surface area contributed by atoms with E-state index in [1.54, 1.807) is 45.9 Å². The van der Waals surface area contributed by atoms with Gasteiger partial charge in [-0.25, -0.2) is 4.79 Å². The molecule has 4 amide bonds. The number of benzene rings is 1. The maximum absolute atomic E-state index is 13.9. The first-order valence-corrected chi connectivity index (χ1v) is 12.5. The maximum Gasteiger partial charge on any atom is 0.408 e. The molecule has 0 aromatic heterocycles. The lowest BCUT2D eigenvalue weighted by atomic mass is 9.98. The highest BCUT2D eigenvalue weighted by Gasteiger charge is 2.39. The fourth-order valence-electron chi connectivity index (χ4n) is 3.65. The van der Waals surface area contributed by atoms with E-state index in [-0.39, 0.29) is 11.3 Å². The average Bonchev–Trinajstić information content (AvgIpc) is 2.78. The molecule has 0 fully saturated rings. The fraction of sp³-hybridized carbons (Fsp3) is 0.615. The Morgan fingerprint density at radius 1 is 1.11 bits per heavy atom. The number of para-hydroxylation sites is 1.